The maximum atomic E-state index is 12.1. The summed E-state index contributed by atoms with van der Waals surface area (Å²) < 4.78 is 5.21. The number of nitrogens with two attached hydrogens (primary N) is 2. The topological polar surface area (TPSA) is 117 Å². The molecule has 0 radical (unpaired) electrons. The molecular weight excluding hydrogens is 282 g/mol. The monoisotopic (exact) mass is 299 g/mol. The fraction of sp³-hybridized carbons (Fsp3) is 0.333. The Balaban J connectivity index is 1.69. The number of esters is 1. The SMILES string of the molecule is Nc1nc(N)nc(COC(=O)c2ccc3c(c2)CCCC3)n1. The van der Waals surface area contributed by atoms with Crippen LogP contribution in [0.3, 0.4) is 0 Å². The lowest BCUT2D eigenvalue weighted by atomic mass is 9.90. The van der Waals surface area contributed by atoms with Gasteiger partial charge in [0.2, 0.25) is 11.9 Å². The molecule has 3 rings (SSSR count). The van der Waals surface area contributed by atoms with Crippen molar-refractivity contribution in [3.63, 3.8) is 0 Å². The number of nitrogen functional groups attached to an aromatic ring is 2. The Hall–Kier alpha value is -2.70. The molecule has 1 aliphatic rings. The molecule has 0 atom stereocenters. The highest BCUT2D eigenvalue weighted by Gasteiger charge is 2.14. The molecule has 0 amide bonds. The first-order valence-electron chi connectivity index (χ1n) is 7.16. The van der Waals surface area contributed by atoms with E-state index in [4.69, 9.17) is 16.2 Å². The lowest BCUT2D eigenvalue weighted by Gasteiger charge is -2.16. The van der Waals surface area contributed by atoms with Crippen molar-refractivity contribution < 1.29 is 9.53 Å². The second-order valence-electron chi connectivity index (χ2n) is 5.23. The minimum absolute atomic E-state index is 0.00679. The number of aryl methyl sites for hydroxylation is 2. The fourth-order valence-corrected chi connectivity index (χ4v) is 2.60. The number of rotatable bonds is 3. The second kappa shape index (κ2) is 5.97. The lowest BCUT2D eigenvalue weighted by Crippen LogP contribution is -2.12. The summed E-state index contributed by atoms with van der Waals surface area (Å²) in [5, 5.41) is 0. The van der Waals surface area contributed by atoms with Crippen LogP contribution in [0.1, 0.15) is 40.2 Å². The molecule has 7 heteroatoms. The summed E-state index contributed by atoms with van der Waals surface area (Å²) in [4.78, 5) is 23.5. The van der Waals surface area contributed by atoms with Crippen molar-refractivity contribution in [3.05, 3.63) is 40.7 Å². The van der Waals surface area contributed by atoms with Gasteiger partial charge in [-0.25, -0.2) is 4.79 Å². The molecule has 4 N–H and O–H groups in total. The Labute approximate surface area is 127 Å². The maximum Gasteiger partial charge on any atom is 0.338 e. The Kier molecular flexibility index (Phi) is 3.86. The smallest absolute Gasteiger partial charge is 0.338 e. The van der Waals surface area contributed by atoms with Crippen LogP contribution < -0.4 is 11.5 Å². The number of hydrogen-bond acceptors (Lipinski definition) is 7. The minimum Gasteiger partial charge on any atom is -0.454 e. The van der Waals surface area contributed by atoms with Crippen molar-refractivity contribution in [1.82, 2.24) is 15.0 Å². The summed E-state index contributed by atoms with van der Waals surface area (Å²) >= 11 is 0. The zero-order valence-electron chi connectivity index (χ0n) is 12.1. The molecule has 0 spiro atoms. The second-order valence-corrected chi connectivity index (χ2v) is 5.23. The van der Waals surface area contributed by atoms with Gasteiger partial charge in [-0.2, -0.15) is 15.0 Å². The van der Waals surface area contributed by atoms with Crippen LogP contribution in [0.15, 0.2) is 18.2 Å². The predicted octanol–water partition coefficient (Wildman–Crippen LogP) is 1.27. The molecule has 1 aromatic carbocycles. The van der Waals surface area contributed by atoms with Crippen LogP contribution in [0.2, 0.25) is 0 Å². The van der Waals surface area contributed by atoms with E-state index in [0.29, 0.717) is 5.56 Å². The van der Waals surface area contributed by atoms with Crippen LogP contribution in [0.25, 0.3) is 0 Å². The maximum absolute atomic E-state index is 12.1. The Morgan fingerprint density at radius 2 is 1.73 bits per heavy atom. The van der Waals surface area contributed by atoms with E-state index in [1.807, 2.05) is 12.1 Å². The van der Waals surface area contributed by atoms with Crippen LogP contribution in [0.5, 0.6) is 0 Å². The molecule has 0 saturated heterocycles. The zero-order valence-corrected chi connectivity index (χ0v) is 12.1. The van der Waals surface area contributed by atoms with Gasteiger partial charge in [0.25, 0.3) is 0 Å². The first-order valence-corrected chi connectivity index (χ1v) is 7.16. The molecule has 1 heterocycles. The minimum atomic E-state index is -0.411. The van der Waals surface area contributed by atoms with E-state index in [-0.39, 0.29) is 24.3 Å². The number of anilines is 2. The summed E-state index contributed by atoms with van der Waals surface area (Å²) in [5.74, 6) is -0.165. The molecule has 0 fully saturated rings. The van der Waals surface area contributed by atoms with Crippen LogP contribution in [0, 0.1) is 0 Å². The summed E-state index contributed by atoms with van der Waals surface area (Å²) in [7, 11) is 0. The van der Waals surface area contributed by atoms with Gasteiger partial charge in [-0.05, 0) is 48.9 Å². The van der Waals surface area contributed by atoms with Gasteiger partial charge in [-0.1, -0.05) is 6.07 Å². The third kappa shape index (κ3) is 3.13. The Morgan fingerprint density at radius 3 is 2.45 bits per heavy atom. The normalized spacial score (nSPS) is 13.5. The molecule has 2 aromatic rings. The van der Waals surface area contributed by atoms with Crippen LogP contribution >= 0.6 is 0 Å². The zero-order chi connectivity index (χ0) is 15.5. The number of ether oxygens (including phenoxy) is 1. The van der Waals surface area contributed by atoms with E-state index in [1.165, 1.54) is 17.5 Å². The Morgan fingerprint density at radius 1 is 1.05 bits per heavy atom. The third-order valence-corrected chi connectivity index (χ3v) is 3.63. The molecule has 7 nitrogen and oxygen atoms in total. The number of carbonyl (C=O) groups is 1. The highest BCUT2D eigenvalue weighted by Crippen LogP contribution is 2.22. The van der Waals surface area contributed by atoms with Gasteiger partial charge < -0.3 is 16.2 Å². The van der Waals surface area contributed by atoms with E-state index >= 15 is 0 Å². The third-order valence-electron chi connectivity index (χ3n) is 3.63. The first kappa shape index (κ1) is 14.2. The van der Waals surface area contributed by atoms with E-state index in [0.717, 1.165) is 19.3 Å². The van der Waals surface area contributed by atoms with Crippen molar-refractivity contribution >= 4 is 17.9 Å². The lowest BCUT2D eigenvalue weighted by molar-refractivity contribution is 0.0462. The van der Waals surface area contributed by atoms with Gasteiger partial charge in [0.15, 0.2) is 12.4 Å². The summed E-state index contributed by atoms with van der Waals surface area (Å²) in [6.07, 6.45) is 4.46. The number of hydrogen-bond donors (Lipinski definition) is 2. The molecule has 0 aliphatic heterocycles. The van der Waals surface area contributed by atoms with Gasteiger partial charge in [0.1, 0.15) is 0 Å². The van der Waals surface area contributed by atoms with Gasteiger partial charge in [-0.3, -0.25) is 0 Å². The van der Waals surface area contributed by atoms with Crippen molar-refractivity contribution in [2.24, 2.45) is 0 Å². The standard InChI is InChI=1S/C15H17N5O2/c16-14-18-12(19-15(17)20-14)8-22-13(21)11-6-5-9-3-1-2-4-10(9)7-11/h5-7H,1-4,8H2,(H4,16,17,18,19,20). The number of carbonyl (C=O) groups excluding carboxylic acids is 1. The van der Waals surface area contributed by atoms with Crippen molar-refractivity contribution in [1.29, 1.82) is 0 Å². The molecule has 1 aliphatic carbocycles. The molecule has 0 bridgehead atoms. The van der Waals surface area contributed by atoms with Gasteiger partial charge in [0, 0.05) is 0 Å². The summed E-state index contributed by atoms with van der Waals surface area (Å²) in [6.45, 7) is -0.0904. The van der Waals surface area contributed by atoms with Gasteiger partial charge in [0.05, 0.1) is 5.56 Å². The number of fused-ring (bicyclic) bond motifs is 1. The summed E-state index contributed by atoms with van der Waals surface area (Å²) in [6, 6.07) is 5.71. The fourth-order valence-electron chi connectivity index (χ4n) is 2.60. The van der Waals surface area contributed by atoms with Crippen LogP contribution in [0.4, 0.5) is 11.9 Å². The van der Waals surface area contributed by atoms with Crippen molar-refractivity contribution in [2.75, 3.05) is 11.5 Å². The van der Waals surface area contributed by atoms with E-state index in [2.05, 4.69) is 15.0 Å². The van der Waals surface area contributed by atoms with Crippen LogP contribution in [-0.4, -0.2) is 20.9 Å². The molecule has 114 valence electrons. The highest BCUT2D eigenvalue weighted by molar-refractivity contribution is 5.89. The molecule has 0 saturated carbocycles. The summed E-state index contributed by atoms with van der Waals surface area (Å²) in [5.41, 5.74) is 14.0. The molecule has 0 unspecified atom stereocenters. The van der Waals surface area contributed by atoms with E-state index < -0.39 is 5.97 Å². The van der Waals surface area contributed by atoms with Crippen LogP contribution in [-0.2, 0) is 24.2 Å². The highest BCUT2D eigenvalue weighted by atomic mass is 16.5. The van der Waals surface area contributed by atoms with Crippen molar-refractivity contribution in [2.45, 2.75) is 32.3 Å². The average molecular weight is 299 g/mol. The molecule has 1 aromatic heterocycles. The number of benzene rings is 1. The van der Waals surface area contributed by atoms with Crippen molar-refractivity contribution in [3.8, 4) is 0 Å². The van der Waals surface area contributed by atoms with E-state index in [1.54, 1.807) is 6.07 Å². The molecular formula is C15H17N5O2. The number of aromatic nitrogens is 3. The predicted molar refractivity (Wildman–Crippen MR) is 80.9 cm³/mol. The van der Waals surface area contributed by atoms with E-state index in [9.17, 15) is 4.79 Å². The quantitative estimate of drug-likeness (QED) is 0.819. The van der Waals surface area contributed by atoms with Gasteiger partial charge >= 0.3 is 5.97 Å². The first-order chi connectivity index (χ1) is 10.6. The average Bonchev–Trinajstić information content (AvgIpc) is 2.51. The number of nitrogens with zero attached hydrogens (tertiary/aromatic N) is 3. The van der Waals surface area contributed by atoms with Gasteiger partial charge in [-0.15, -0.1) is 0 Å². The largest absolute Gasteiger partial charge is 0.454 e. The Bertz CT molecular complexity index is 697. The molecule has 22 heavy (non-hydrogen) atoms.